The number of pyridine rings is 1. The molecule has 0 fully saturated rings. The third-order valence-corrected chi connectivity index (χ3v) is 3.32. The number of ether oxygens (including phenoxy) is 1. The van der Waals surface area contributed by atoms with Crippen molar-refractivity contribution in [3.05, 3.63) is 64.6 Å². The third-order valence-electron chi connectivity index (χ3n) is 3.32. The minimum atomic E-state index is 0.0337. The van der Waals surface area contributed by atoms with E-state index in [1.807, 2.05) is 36.5 Å². The summed E-state index contributed by atoms with van der Waals surface area (Å²) in [4.78, 5) is 11.6. The molecule has 0 radical (unpaired) electrons. The first-order valence-corrected chi connectivity index (χ1v) is 6.73. The van der Waals surface area contributed by atoms with Crippen LogP contribution in [0.25, 0.3) is 0 Å². The van der Waals surface area contributed by atoms with E-state index in [4.69, 9.17) is 4.74 Å². The molecule has 0 saturated heterocycles. The molecule has 0 aliphatic heterocycles. The van der Waals surface area contributed by atoms with Gasteiger partial charge in [0.2, 0.25) is 0 Å². The first-order chi connectivity index (χ1) is 9.70. The zero-order chi connectivity index (χ0) is 14.4. The van der Waals surface area contributed by atoms with Crippen molar-refractivity contribution in [1.82, 2.24) is 9.88 Å². The second-order valence-electron chi connectivity index (χ2n) is 4.68. The molecule has 4 nitrogen and oxygen atoms in total. The lowest BCUT2D eigenvalue weighted by Crippen LogP contribution is -2.27. The van der Waals surface area contributed by atoms with Crippen LogP contribution in [0.4, 0.5) is 0 Å². The molecule has 0 bridgehead atoms. The molecule has 106 valence electrons. The van der Waals surface area contributed by atoms with Crippen LogP contribution in [0.2, 0.25) is 0 Å². The lowest BCUT2D eigenvalue weighted by Gasteiger charge is -2.15. The Hall–Kier alpha value is -2.07. The summed E-state index contributed by atoms with van der Waals surface area (Å²) in [5.74, 6) is 0.858. The van der Waals surface area contributed by atoms with Gasteiger partial charge >= 0.3 is 0 Å². The molecule has 0 unspecified atom stereocenters. The van der Waals surface area contributed by atoms with Gasteiger partial charge < -0.3 is 14.6 Å². The van der Waals surface area contributed by atoms with E-state index in [0.717, 1.165) is 12.3 Å². The normalized spacial score (nSPS) is 12.1. The zero-order valence-electron chi connectivity index (χ0n) is 11.9. The number of benzene rings is 1. The summed E-state index contributed by atoms with van der Waals surface area (Å²) in [6.45, 7) is 3.52. The van der Waals surface area contributed by atoms with Crippen molar-refractivity contribution in [2.45, 2.75) is 19.5 Å². The highest BCUT2D eigenvalue weighted by atomic mass is 16.5. The van der Waals surface area contributed by atoms with E-state index in [9.17, 15) is 4.79 Å². The van der Waals surface area contributed by atoms with Crippen LogP contribution in [0.5, 0.6) is 5.75 Å². The predicted molar refractivity (Wildman–Crippen MR) is 80.1 cm³/mol. The number of aromatic nitrogens is 1. The van der Waals surface area contributed by atoms with Gasteiger partial charge in [0.25, 0.3) is 5.56 Å². The average molecular weight is 272 g/mol. The van der Waals surface area contributed by atoms with Gasteiger partial charge in [-0.1, -0.05) is 18.2 Å². The summed E-state index contributed by atoms with van der Waals surface area (Å²) in [7, 11) is 1.66. The third kappa shape index (κ3) is 3.71. The van der Waals surface area contributed by atoms with Crippen molar-refractivity contribution >= 4 is 0 Å². The molecule has 1 aromatic carbocycles. The van der Waals surface area contributed by atoms with Gasteiger partial charge in [0.1, 0.15) is 5.75 Å². The first kappa shape index (κ1) is 14.3. The summed E-state index contributed by atoms with van der Waals surface area (Å²) in [5, 5.41) is 3.41. The highest BCUT2D eigenvalue weighted by Gasteiger charge is 2.04. The minimum Gasteiger partial charge on any atom is -0.497 e. The van der Waals surface area contributed by atoms with Crippen molar-refractivity contribution in [2.75, 3.05) is 13.7 Å². The molecular formula is C16H20N2O2. The number of nitrogens with one attached hydrogen (secondary N) is 1. The zero-order valence-corrected chi connectivity index (χ0v) is 11.9. The maximum atomic E-state index is 11.6. The Morgan fingerprint density at radius 3 is 2.60 bits per heavy atom. The number of nitrogens with zero attached hydrogens (tertiary/aromatic N) is 1. The Kier molecular flexibility index (Phi) is 4.96. The van der Waals surface area contributed by atoms with Crippen LogP contribution in [0.15, 0.2) is 53.5 Å². The molecule has 4 heteroatoms. The van der Waals surface area contributed by atoms with E-state index in [1.54, 1.807) is 23.8 Å². The largest absolute Gasteiger partial charge is 0.497 e. The SMILES string of the molecule is COc1ccc([C@H](C)NCCn2ccccc2=O)cc1. The Balaban J connectivity index is 1.87. The van der Waals surface area contributed by atoms with Gasteiger partial charge in [0.05, 0.1) is 7.11 Å². The maximum Gasteiger partial charge on any atom is 0.250 e. The lowest BCUT2D eigenvalue weighted by molar-refractivity contribution is 0.414. The van der Waals surface area contributed by atoms with E-state index in [2.05, 4.69) is 12.2 Å². The van der Waals surface area contributed by atoms with Crippen molar-refractivity contribution < 1.29 is 4.74 Å². The summed E-state index contributed by atoms with van der Waals surface area (Å²) < 4.78 is 6.84. The molecule has 2 aromatic rings. The molecule has 0 aliphatic rings. The standard InChI is InChI=1S/C16H20N2O2/c1-13(14-6-8-15(20-2)9-7-14)17-10-12-18-11-4-3-5-16(18)19/h3-9,11,13,17H,10,12H2,1-2H3/t13-/m0/s1. The van der Waals surface area contributed by atoms with Crippen LogP contribution < -0.4 is 15.6 Å². The van der Waals surface area contributed by atoms with E-state index < -0.39 is 0 Å². The van der Waals surface area contributed by atoms with E-state index in [-0.39, 0.29) is 11.6 Å². The Morgan fingerprint density at radius 1 is 1.20 bits per heavy atom. The van der Waals surface area contributed by atoms with Crippen molar-refractivity contribution in [3.8, 4) is 5.75 Å². The highest BCUT2D eigenvalue weighted by molar-refractivity contribution is 5.28. The van der Waals surface area contributed by atoms with Crippen molar-refractivity contribution in [1.29, 1.82) is 0 Å². The summed E-state index contributed by atoms with van der Waals surface area (Å²) in [6, 6.07) is 13.4. The Bertz CT molecular complexity index is 590. The molecule has 1 atom stereocenters. The predicted octanol–water partition coefficient (Wildman–Crippen LogP) is 2.21. The first-order valence-electron chi connectivity index (χ1n) is 6.73. The fourth-order valence-corrected chi connectivity index (χ4v) is 2.06. The van der Waals surface area contributed by atoms with Gasteiger partial charge in [-0.15, -0.1) is 0 Å². The van der Waals surface area contributed by atoms with E-state index >= 15 is 0 Å². The molecule has 20 heavy (non-hydrogen) atoms. The van der Waals surface area contributed by atoms with Crippen LogP contribution >= 0.6 is 0 Å². The number of hydrogen-bond acceptors (Lipinski definition) is 3. The molecule has 0 amide bonds. The van der Waals surface area contributed by atoms with Gasteiger partial charge in [0, 0.05) is 31.4 Å². The summed E-state index contributed by atoms with van der Waals surface area (Å²) >= 11 is 0. The van der Waals surface area contributed by atoms with Crippen LogP contribution in [0.3, 0.4) is 0 Å². The van der Waals surface area contributed by atoms with E-state index in [0.29, 0.717) is 6.54 Å². The molecule has 0 saturated carbocycles. The summed E-state index contributed by atoms with van der Waals surface area (Å²) in [5.41, 5.74) is 1.23. The van der Waals surface area contributed by atoms with Crippen LogP contribution in [0, 0.1) is 0 Å². The summed E-state index contributed by atoms with van der Waals surface area (Å²) in [6.07, 6.45) is 1.81. The van der Waals surface area contributed by atoms with Gasteiger partial charge in [0.15, 0.2) is 0 Å². The fraction of sp³-hybridized carbons (Fsp3) is 0.312. The Labute approximate surface area is 119 Å². The van der Waals surface area contributed by atoms with Gasteiger partial charge in [-0.05, 0) is 30.7 Å². The van der Waals surface area contributed by atoms with E-state index in [1.165, 1.54) is 5.56 Å². The quantitative estimate of drug-likeness (QED) is 0.876. The van der Waals surface area contributed by atoms with Gasteiger partial charge in [-0.25, -0.2) is 0 Å². The van der Waals surface area contributed by atoms with Crippen LogP contribution in [-0.4, -0.2) is 18.2 Å². The number of rotatable bonds is 6. The van der Waals surface area contributed by atoms with Crippen LogP contribution in [-0.2, 0) is 6.54 Å². The molecule has 2 rings (SSSR count). The maximum absolute atomic E-state index is 11.6. The smallest absolute Gasteiger partial charge is 0.250 e. The van der Waals surface area contributed by atoms with Crippen LogP contribution in [0.1, 0.15) is 18.5 Å². The highest BCUT2D eigenvalue weighted by Crippen LogP contribution is 2.16. The lowest BCUT2D eigenvalue weighted by atomic mass is 10.1. The molecular weight excluding hydrogens is 252 g/mol. The molecule has 1 heterocycles. The number of hydrogen-bond donors (Lipinski definition) is 1. The van der Waals surface area contributed by atoms with Crippen molar-refractivity contribution in [3.63, 3.8) is 0 Å². The second kappa shape index (κ2) is 6.91. The second-order valence-corrected chi connectivity index (χ2v) is 4.68. The van der Waals surface area contributed by atoms with Crippen molar-refractivity contribution in [2.24, 2.45) is 0 Å². The van der Waals surface area contributed by atoms with Gasteiger partial charge in [-0.3, -0.25) is 4.79 Å². The topological polar surface area (TPSA) is 43.3 Å². The molecule has 0 aliphatic carbocycles. The molecule has 1 aromatic heterocycles. The Morgan fingerprint density at radius 2 is 1.95 bits per heavy atom. The monoisotopic (exact) mass is 272 g/mol. The average Bonchev–Trinajstić information content (AvgIpc) is 2.49. The van der Waals surface area contributed by atoms with Gasteiger partial charge in [-0.2, -0.15) is 0 Å². The molecule has 1 N–H and O–H groups in total. The minimum absolute atomic E-state index is 0.0337. The fourth-order valence-electron chi connectivity index (χ4n) is 2.06. The molecule has 0 spiro atoms. The number of methoxy groups -OCH3 is 1.